The first kappa shape index (κ1) is 16.1. The Bertz CT molecular complexity index is 500. The van der Waals surface area contributed by atoms with Gasteiger partial charge in [0, 0.05) is 25.3 Å². The molecule has 1 heterocycles. The number of hydrogen-bond acceptors (Lipinski definition) is 3. The van der Waals surface area contributed by atoms with E-state index in [1.165, 1.54) is 0 Å². The van der Waals surface area contributed by atoms with E-state index in [0.717, 1.165) is 32.4 Å². The van der Waals surface area contributed by atoms with Gasteiger partial charge in [-0.3, -0.25) is 4.79 Å². The molecule has 0 aromatic carbocycles. The monoisotopic (exact) mass is 309 g/mol. The standard InChI is InChI=1S/C16H24ClN3O/c1-4-7-18-15-8-13(14(17)9-19-15)16(21)20(10-11(2)3)12-5-6-12/h8-9,11-12H,4-7,10H2,1-3H3,(H,18,19). The third-order valence-electron chi connectivity index (χ3n) is 3.45. The minimum atomic E-state index is 0.0261. The van der Waals surface area contributed by atoms with Crippen molar-refractivity contribution < 1.29 is 4.79 Å². The topological polar surface area (TPSA) is 45.2 Å². The molecule has 1 aliphatic rings. The van der Waals surface area contributed by atoms with Gasteiger partial charge in [0.15, 0.2) is 0 Å². The molecule has 1 aromatic heterocycles. The largest absolute Gasteiger partial charge is 0.370 e. The van der Waals surface area contributed by atoms with Crippen LogP contribution in [0.2, 0.25) is 5.02 Å². The lowest BCUT2D eigenvalue weighted by Crippen LogP contribution is -2.36. The van der Waals surface area contributed by atoms with Gasteiger partial charge in [-0.15, -0.1) is 0 Å². The number of nitrogens with one attached hydrogen (secondary N) is 1. The SMILES string of the molecule is CCCNc1cc(C(=O)N(CC(C)C)C2CC2)c(Cl)cn1. The quantitative estimate of drug-likeness (QED) is 0.833. The lowest BCUT2D eigenvalue weighted by molar-refractivity contribution is 0.0722. The average Bonchev–Trinajstić information content (AvgIpc) is 3.27. The number of halogens is 1. The summed E-state index contributed by atoms with van der Waals surface area (Å²) in [5.74, 6) is 1.19. The van der Waals surface area contributed by atoms with Crippen molar-refractivity contribution in [1.82, 2.24) is 9.88 Å². The highest BCUT2D eigenvalue weighted by atomic mass is 35.5. The summed E-state index contributed by atoms with van der Waals surface area (Å²) in [6.45, 7) is 7.96. The fourth-order valence-electron chi connectivity index (χ4n) is 2.28. The second kappa shape index (κ2) is 7.12. The molecule has 0 bridgehead atoms. The molecular weight excluding hydrogens is 286 g/mol. The zero-order chi connectivity index (χ0) is 15.4. The number of carbonyl (C=O) groups excluding carboxylic acids is 1. The Labute approximate surface area is 131 Å². The number of rotatable bonds is 7. The van der Waals surface area contributed by atoms with Crippen LogP contribution in [0.3, 0.4) is 0 Å². The zero-order valence-corrected chi connectivity index (χ0v) is 13.8. The lowest BCUT2D eigenvalue weighted by Gasteiger charge is -2.25. The summed E-state index contributed by atoms with van der Waals surface area (Å²) in [6.07, 6.45) is 4.77. The van der Waals surface area contributed by atoms with E-state index < -0.39 is 0 Å². The Morgan fingerprint density at radius 3 is 2.81 bits per heavy atom. The maximum Gasteiger partial charge on any atom is 0.255 e. The molecule has 1 fully saturated rings. The van der Waals surface area contributed by atoms with E-state index in [1.807, 2.05) is 4.90 Å². The van der Waals surface area contributed by atoms with Gasteiger partial charge in [0.2, 0.25) is 0 Å². The lowest BCUT2D eigenvalue weighted by atomic mass is 10.1. The van der Waals surface area contributed by atoms with Crippen LogP contribution in [0, 0.1) is 5.92 Å². The van der Waals surface area contributed by atoms with Gasteiger partial charge in [-0.05, 0) is 31.2 Å². The average molecular weight is 310 g/mol. The molecule has 2 rings (SSSR count). The predicted octanol–water partition coefficient (Wildman–Crippen LogP) is 3.82. The number of aromatic nitrogens is 1. The molecule has 0 atom stereocenters. The Morgan fingerprint density at radius 1 is 1.52 bits per heavy atom. The first-order valence-electron chi connectivity index (χ1n) is 7.73. The predicted molar refractivity (Wildman–Crippen MR) is 86.9 cm³/mol. The second-order valence-corrected chi connectivity index (χ2v) is 6.47. The number of hydrogen-bond donors (Lipinski definition) is 1. The zero-order valence-electron chi connectivity index (χ0n) is 13.0. The summed E-state index contributed by atoms with van der Waals surface area (Å²) >= 11 is 6.19. The van der Waals surface area contributed by atoms with Crippen molar-refractivity contribution in [2.24, 2.45) is 5.92 Å². The van der Waals surface area contributed by atoms with E-state index in [1.54, 1.807) is 12.3 Å². The molecule has 0 saturated heterocycles. The minimum Gasteiger partial charge on any atom is -0.370 e. The summed E-state index contributed by atoms with van der Waals surface area (Å²) in [5.41, 5.74) is 0.554. The van der Waals surface area contributed by atoms with Crippen molar-refractivity contribution in [3.8, 4) is 0 Å². The van der Waals surface area contributed by atoms with E-state index >= 15 is 0 Å². The van der Waals surface area contributed by atoms with E-state index in [4.69, 9.17) is 11.6 Å². The fourth-order valence-corrected chi connectivity index (χ4v) is 2.47. The summed E-state index contributed by atoms with van der Waals surface area (Å²) < 4.78 is 0. The van der Waals surface area contributed by atoms with Crippen molar-refractivity contribution in [2.75, 3.05) is 18.4 Å². The first-order chi connectivity index (χ1) is 10.0. The van der Waals surface area contributed by atoms with Crippen LogP contribution < -0.4 is 5.32 Å². The number of anilines is 1. The maximum absolute atomic E-state index is 12.8. The molecule has 21 heavy (non-hydrogen) atoms. The van der Waals surface area contributed by atoms with Crippen LogP contribution in [0.5, 0.6) is 0 Å². The van der Waals surface area contributed by atoms with Crippen LogP contribution in [0.4, 0.5) is 5.82 Å². The normalized spacial score (nSPS) is 14.3. The molecule has 5 heteroatoms. The highest BCUT2D eigenvalue weighted by Gasteiger charge is 2.34. The van der Waals surface area contributed by atoms with Crippen LogP contribution in [-0.2, 0) is 0 Å². The summed E-state index contributed by atoms with van der Waals surface area (Å²) in [4.78, 5) is 19.0. The summed E-state index contributed by atoms with van der Waals surface area (Å²) in [5, 5.41) is 3.63. The van der Waals surface area contributed by atoms with Crippen molar-refractivity contribution >= 4 is 23.3 Å². The van der Waals surface area contributed by atoms with Crippen LogP contribution in [0.25, 0.3) is 0 Å². The van der Waals surface area contributed by atoms with Gasteiger partial charge >= 0.3 is 0 Å². The van der Waals surface area contributed by atoms with Crippen molar-refractivity contribution in [1.29, 1.82) is 0 Å². The molecule has 0 spiro atoms. The maximum atomic E-state index is 12.8. The van der Waals surface area contributed by atoms with Gasteiger partial charge in [-0.25, -0.2) is 4.98 Å². The number of amides is 1. The van der Waals surface area contributed by atoms with Crippen molar-refractivity contribution in [3.05, 3.63) is 22.8 Å². The van der Waals surface area contributed by atoms with Gasteiger partial charge in [0.1, 0.15) is 5.82 Å². The first-order valence-corrected chi connectivity index (χ1v) is 8.11. The molecule has 4 nitrogen and oxygen atoms in total. The van der Waals surface area contributed by atoms with Gasteiger partial charge in [-0.2, -0.15) is 0 Å². The third-order valence-corrected chi connectivity index (χ3v) is 3.75. The molecule has 1 saturated carbocycles. The third kappa shape index (κ3) is 4.34. The molecule has 0 aliphatic heterocycles. The van der Waals surface area contributed by atoms with Crippen LogP contribution in [-0.4, -0.2) is 34.9 Å². The Kier molecular flexibility index (Phi) is 5.45. The molecular formula is C16H24ClN3O. The fraction of sp³-hybridized carbons (Fsp3) is 0.625. The van der Waals surface area contributed by atoms with E-state index in [9.17, 15) is 4.79 Å². The Morgan fingerprint density at radius 2 is 2.24 bits per heavy atom. The van der Waals surface area contributed by atoms with E-state index in [-0.39, 0.29) is 5.91 Å². The van der Waals surface area contributed by atoms with Gasteiger partial charge in [-0.1, -0.05) is 32.4 Å². The molecule has 1 N–H and O–H groups in total. The van der Waals surface area contributed by atoms with E-state index in [0.29, 0.717) is 28.4 Å². The highest BCUT2D eigenvalue weighted by Crippen LogP contribution is 2.30. The Hall–Kier alpha value is -1.29. The van der Waals surface area contributed by atoms with E-state index in [2.05, 4.69) is 31.1 Å². The molecule has 1 aliphatic carbocycles. The smallest absolute Gasteiger partial charge is 0.255 e. The van der Waals surface area contributed by atoms with Crippen molar-refractivity contribution in [2.45, 2.75) is 46.1 Å². The molecule has 1 aromatic rings. The van der Waals surface area contributed by atoms with Crippen LogP contribution >= 0.6 is 11.6 Å². The molecule has 1 amide bonds. The number of nitrogens with zero attached hydrogens (tertiary/aromatic N) is 2. The second-order valence-electron chi connectivity index (χ2n) is 6.06. The van der Waals surface area contributed by atoms with Gasteiger partial charge in [0.05, 0.1) is 10.6 Å². The van der Waals surface area contributed by atoms with Gasteiger partial charge < -0.3 is 10.2 Å². The molecule has 0 radical (unpaired) electrons. The molecule has 116 valence electrons. The van der Waals surface area contributed by atoms with Crippen LogP contribution in [0.1, 0.15) is 50.4 Å². The van der Waals surface area contributed by atoms with Crippen LogP contribution in [0.15, 0.2) is 12.3 Å². The molecule has 0 unspecified atom stereocenters. The summed E-state index contributed by atoms with van der Waals surface area (Å²) in [7, 11) is 0. The summed E-state index contributed by atoms with van der Waals surface area (Å²) in [6, 6.07) is 2.16. The highest BCUT2D eigenvalue weighted by molar-refractivity contribution is 6.33. The minimum absolute atomic E-state index is 0.0261. The van der Waals surface area contributed by atoms with Crippen molar-refractivity contribution in [3.63, 3.8) is 0 Å². The number of carbonyl (C=O) groups is 1. The Balaban J connectivity index is 2.19. The number of pyridine rings is 1. The van der Waals surface area contributed by atoms with Gasteiger partial charge in [0.25, 0.3) is 5.91 Å².